The van der Waals surface area contributed by atoms with Crippen molar-refractivity contribution in [3.63, 3.8) is 0 Å². The maximum atomic E-state index is 12.9. The molecule has 1 saturated heterocycles. The highest BCUT2D eigenvalue weighted by Crippen LogP contribution is 2.40. The third-order valence-corrected chi connectivity index (χ3v) is 5.03. The molecular weight excluding hydrogens is 358 g/mol. The average Bonchev–Trinajstić information content (AvgIpc) is 3.34. The van der Waals surface area contributed by atoms with E-state index in [1.807, 2.05) is 24.3 Å². The van der Waals surface area contributed by atoms with Crippen LogP contribution >= 0.6 is 0 Å². The number of carbonyl (C=O) groups is 2. The van der Waals surface area contributed by atoms with E-state index in [0.717, 1.165) is 5.56 Å². The van der Waals surface area contributed by atoms with Crippen molar-refractivity contribution >= 4 is 17.5 Å². The van der Waals surface area contributed by atoms with E-state index in [9.17, 15) is 9.59 Å². The molecule has 7 heteroatoms. The smallest absolute Gasteiger partial charge is 0.231 e. The minimum atomic E-state index is -0.588. The molecule has 1 fully saturated rings. The summed E-state index contributed by atoms with van der Waals surface area (Å²) in [5, 5.41) is 5.78. The molecule has 0 radical (unpaired) electrons. The van der Waals surface area contributed by atoms with Gasteiger partial charge in [-0.05, 0) is 23.8 Å². The molecule has 0 aliphatic carbocycles. The number of carbonyl (C=O) groups excluding carboxylic acids is 2. The first kappa shape index (κ1) is 18.2. The summed E-state index contributed by atoms with van der Waals surface area (Å²) in [6.07, 6.45) is 6.30. The zero-order chi connectivity index (χ0) is 19.5. The Morgan fingerprint density at radius 3 is 2.61 bits per heavy atom. The Kier molecular flexibility index (Phi) is 5.08. The maximum absolute atomic E-state index is 12.9. The number of aromatic nitrogens is 1. The molecule has 0 unspecified atom stereocenters. The molecular formula is C21H21N3O4. The monoisotopic (exact) mass is 379 g/mol. The normalized spacial score (nSPS) is 24.8. The van der Waals surface area contributed by atoms with E-state index in [-0.39, 0.29) is 17.9 Å². The van der Waals surface area contributed by atoms with Gasteiger partial charge in [0.15, 0.2) is 0 Å². The molecule has 0 spiro atoms. The third kappa shape index (κ3) is 3.61. The topological polar surface area (TPSA) is 89.5 Å². The number of benzene rings is 1. The number of nitrogens with one attached hydrogen (secondary N) is 2. The van der Waals surface area contributed by atoms with Crippen LogP contribution in [0.2, 0.25) is 0 Å². The van der Waals surface area contributed by atoms with Crippen LogP contribution in [0.3, 0.4) is 0 Å². The molecule has 1 aromatic carbocycles. The van der Waals surface area contributed by atoms with Crippen molar-refractivity contribution in [2.45, 2.75) is 18.8 Å². The highest BCUT2D eigenvalue weighted by Gasteiger charge is 2.52. The number of pyridine rings is 1. The number of amides is 2. The first-order chi connectivity index (χ1) is 13.7. The fourth-order valence-corrected chi connectivity index (χ4v) is 3.67. The van der Waals surface area contributed by atoms with Gasteiger partial charge in [-0.15, -0.1) is 0 Å². The van der Waals surface area contributed by atoms with Crippen LogP contribution in [0.15, 0.2) is 60.9 Å². The van der Waals surface area contributed by atoms with E-state index in [1.54, 1.807) is 43.8 Å². The summed E-state index contributed by atoms with van der Waals surface area (Å²) in [6, 6.07) is 10.8. The summed E-state index contributed by atoms with van der Waals surface area (Å²) in [5.74, 6) is -0.960. The van der Waals surface area contributed by atoms with E-state index in [1.165, 1.54) is 0 Å². The second kappa shape index (κ2) is 7.82. The van der Waals surface area contributed by atoms with Crippen LogP contribution in [0.5, 0.6) is 5.75 Å². The summed E-state index contributed by atoms with van der Waals surface area (Å²) >= 11 is 0. The molecule has 2 N–H and O–H groups in total. The molecule has 3 heterocycles. The summed E-state index contributed by atoms with van der Waals surface area (Å²) < 4.78 is 11.0. The summed E-state index contributed by atoms with van der Waals surface area (Å²) in [4.78, 5) is 29.8. The van der Waals surface area contributed by atoms with Gasteiger partial charge in [0.25, 0.3) is 0 Å². The fraction of sp³-hybridized carbons (Fsp3) is 0.286. The quantitative estimate of drug-likeness (QED) is 0.749. The molecule has 144 valence electrons. The van der Waals surface area contributed by atoms with Crippen molar-refractivity contribution in [2.75, 3.05) is 12.4 Å². The van der Waals surface area contributed by atoms with Gasteiger partial charge in [-0.3, -0.25) is 14.6 Å². The number of hydrogen-bond donors (Lipinski definition) is 2. The van der Waals surface area contributed by atoms with Crippen LogP contribution in [0.25, 0.3) is 0 Å². The number of hydrogen-bond acceptors (Lipinski definition) is 5. The Balaban J connectivity index is 1.46. The summed E-state index contributed by atoms with van der Waals surface area (Å²) in [5.41, 5.74) is 1.51. The average molecular weight is 379 g/mol. The maximum Gasteiger partial charge on any atom is 0.231 e. The molecule has 7 nitrogen and oxygen atoms in total. The molecule has 4 atom stereocenters. The van der Waals surface area contributed by atoms with Gasteiger partial charge in [-0.1, -0.05) is 24.3 Å². The summed E-state index contributed by atoms with van der Waals surface area (Å²) in [6.45, 7) is 0.356. The standard InChI is InChI=1S/C21H21N3O4/c1-27-15-6-2-5-14(10-15)24-21(26)19-17-8-7-16(28-17)18(19)20(25)23-12-13-4-3-9-22-11-13/h2-11,16-19H,12H2,1H3,(H,23,25)(H,24,26)/t16-,17-,18+,19-/m1/s1. The number of rotatable bonds is 6. The van der Waals surface area contributed by atoms with Crippen LogP contribution in [0.1, 0.15) is 5.56 Å². The van der Waals surface area contributed by atoms with Crippen molar-refractivity contribution in [3.8, 4) is 5.75 Å². The number of ether oxygens (including phenoxy) is 2. The molecule has 1 aromatic heterocycles. The number of fused-ring (bicyclic) bond motifs is 2. The van der Waals surface area contributed by atoms with E-state index in [2.05, 4.69) is 15.6 Å². The van der Waals surface area contributed by atoms with Gasteiger partial charge >= 0.3 is 0 Å². The Labute approximate surface area is 162 Å². The lowest BCUT2D eigenvalue weighted by molar-refractivity contribution is -0.131. The van der Waals surface area contributed by atoms with Gasteiger partial charge in [0, 0.05) is 30.7 Å². The largest absolute Gasteiger partial charge is 0.497 e. The molecule has 2 bridgehead atoms. The van der Waals surface area contributed by atoms with Crippen LogP contribution < -0.4 is 15.4 Å². The number of anilines is 1. The van der Waals surface area contributed by atoms with Gasteiger partial charge in [-0.2, -0.15) is 0 Å². The Morgan fingerprint density at radius 2 is 1.89 bits per heavy atom. The van der Waals surface area contributed by atoms with Crippen molar-refractivity contribution < 1.29 is 19.1 Å². The lowest BCUT2D eigenvalue weighted by atomic mass is 9.81. The summed E-state index contributed by atoms with van der Waals surface area (Å²) in [7, 11) is 1.57. The molecule has 2 aromatic rings. The highest BCUT2D eigenvalue weighted by atomic mass is 16.5. The van der Waals surface area contributed by atoms with E-state index >= 15 is 0 Å². The second-order valence-corrected chi connectivity index (χ2v) is 6.80. The number of methoxy groups -OCH3 is 1. The minimum absolute atomic E-state index is 0.202. The molecule has 2 aliphatic rings. The zero-order valence-electron chi connectivity index (χ0n) is 15.4. The highest BCUT2D eigenvalue weighted by molar-refractivity contribution is 5.97. The van der Waals surface area contributed by atoms with E-state index in [0.29, 0.717) is 18.0 Å². The van der Waals surface area contributed by atoms with Gasteiger partial charge in [0.2, 0.25) is 11.8 Å². The van der Waals surface area contributed by atoms with Gasteiger partial charge in [-0.25, -0.2) is 0 Å². The SMILES string of the molecule is COc1cccc(NC(=O)[C@H]2[C@@H](C(=O)NCc3cccnc3)[C@H]3C=C[C@H]2O3)c1. The Hall–Kier alpha value is -3.19. The van der Waals surface area contributed by atoms with Crippen molar-refractivity contribution in [2.24, 2.45) is 11.8 Å². The van der Waals surface area contributed by atoms with Crippen LogP contribution in [-0.2, 0) is 20.9 Å². The van der Waals surface area contributed by atoms with E-state index in [4.69, 9.17) is 9.47 Å². The number of nitrogens with zero attached hydrogens (tertiary/aromatic N) is 1. The molecule has 0 saturated carbocycles. The molecule has 2 aliphatic heterocycles. The van der Waals surface area contributed by atoms with Gasteiger partial charge < -0.3 is 20.1 Å². The zero-order valence-corrected chi connectivity index (χ0v) is 15.4. The van der Waals surface area contributed by atoms with Crippen molar-refractivity contribution in [1.82, 2.24) is 10.3 Å². The predicted molar refractivity (Wildman–Crippen MR) is 102 cm³/mol. The molecule has 28 heavy (non-hydrogen) atoms. The fourth-order valence-electron chi connectivity index (χ4n) is 3.67. The van der Waals surface area contributed by atoms with E-state index < -0.39 is 17.9 Å². The van der Waals surface area contributed by atoms with Gasteiger partial charge in [0.05, 0.1) is 31.2 Å². The van der Waals surface area contributed by atoms with Crippen LogP contribution in [0, 0.1) is 11.8 Å². The first-order valence-electron chi connectivity index (χ1n) is 9.11. The second-order valence-electron chi connectivity index (χ2n) is 6.80. The van der Waals surface area contributed by atoms with Crippen molar-refractivity contribution in [1.29, 1.82) is 0 Å². The minimum Gasteiger partial charge on any atom is -0.497 e. The van der Waals surface area contributed by atoms with Gasteiger partial charge in [0.1, 0.15) is 5.75 Å². The Morgan fingerprint density at radius 1 is 1.11 bits per heavy atom. The van der Waals surface area contributed by atoms with Crippen LogP contribution in [-0.4, -0.2) is 36.1 Å². The third-order valence-electron chi connectivity index (χ3n) is 5.03. The Bertz CT molecular complexity index is 900. The molecule has 2 amide bonds. The van der Waals surface area contributed by atoms with Crippen molar-refractivity contribution in [3.05, 3.63) is 66.5 Å². The predicted octanol–water partition coefficient (Wildman–Crippen LogP) is 1.91. The van der Waals surface area contributed by atoms with Crippen LogP contribution in [0.4, 0.5) is 5.69 Å². The lowest BCUT2D eigenvalue weighted by Gasteiger charge is -2.23. The first-order valence-corrected chi connectivity index (χ1v) is 9.11. The molecule has 4 rings (SSSR count). The lowest BCUT2D eigenvalue weighted by Crippen LogP contribution is -2.44.